The number of rotatable bonds is 5. The Kier molecular flexibility index (Phi) is 7.35. The van der Waals surface area contributed by atoms with E-state index in [-0.39, 0.29) is 11.7 Å². The van der Waals surface area contributed by atoms with Crippen LogP contribution in [0.1, 0.15) is 27.9 Å². The zero-order valence-corrected chi connectivity index (χ0v) is 18.9. The second-order valence-electron chi connectivity index (χ2n) is 7.81. The number of pyridine rings is 2. The van der Waals surface area contributed by atoms with Crippen molar-refractivity contribution in [3.63, 3.8) is 0 Å². The van der Waals surface area contributed by atoms with Crippen molar-refractivity contribution in [3.8, 4) is 0 Å². The molecular formula is C24H22F4N4OS. The fraction of sp³-hybridized carbons (Fsp3) is 0.292. The fourth-order valence-corrected chi connectivity index (χ4v) is 4.60. The van der Waals surface area contributed by atoms with Gasteiger partial charge < -0.3 is 9.80 Å². The Morgan fingerprint density at radius 3 is 2.47 bits per heavy atom. The van der Waals surface area contributed by atoms with Crippen molar-refractivity contribution in [2.45, 2.75) is 23.4 Å². The molecule has 1 saturated heterocycles. The lowest BCUT2D eigenvalue weighted by Crippen LogP contribution is -2.35. The zero-order chi connectivity index (χ0) is 24.1. The normalized spacial score (nSPS) is 14.7. The number of benzene rings is 1. The third kappa shape index (κ3) is 5.85. The van der Waals surface area contributed by atoms with Crippen LogP contribution in [0.3, 0.4) is 0 Å². The van der Waals surface area contributed by atoms with Crippen LogP contribution in [0.5, 0.6) is 0 Å². The van der Waals surface area contributed by atoms with Crippen LogP contribution in [-0.4, -0.2) is 47.0 Å². The van der Waals surface area contributed by atoms with Crippen molar-refractivity contribution in [3.05, 3.63) is 83.4 Å². The summed E-state index contributed by atoms with van der Waals surface area (Å²) < 4.78 is 51.6. The van der Waals surface area contributed by atoms with E-state index in [1.807, 2.05) is 4.90 Å². The molecule has 0 atom stereocenters. The van der Waals surface area contributed by atoms with Gasteiger partial charge in [0.1, 0.15) is 16.7 Å². The summed E-state index contributed by atoms with van der Waals surface area (Å²) in [6, 6.07) is 12.0. The van der Waals surface area contributed by atoms with E-state index in [1.54, 1.807) is 35.4 Å². The molecule has 0 aliphatic carbocycles. The molecule has 0 radical (unpaired) electrons. The van der Waals surface area contributed by atoms with Gasteiger partial charge in [-0.3, -0.25) is 4.79 Å². The third-order valence-electron chi connectivity index (χ3n) is 5.47. The Balaban J connectivity index is 1.41. The Morgan fingerprint density at radius 1 is 0.971 bits per heavy atom. The lowest BCUT2D eigenvalue weighted by molar-refractivity contribution is -0.137. The topological polar surface area (TPSA) is 49.3 Å². The minimum Gasteiger partial charge on any atom is -0.355 e. The summed E-state index contributed by atoms with van der Waals surface area (Å²) in [7, 11) is 0. The van der Waals surface area contributed by atoms with Gasteiger partial charge in [-0.1, -0.05) is 12.1 Å². The Labute approximate surface area is 198 Å². The van der Waals surface area contributed by atoms with Crippen molar-refractivity contribution < 1.29 is 22.4 Å². The SMILES string of the molecule is O=C(c1cccnc1SCc1ccc(F)cc1)N1CCCN(c2ccc(C(F)(F)F)cn2)CC1. The molecule has 4 rings (SSSR count). The van der Waals surface area contributed by atoms with Crippen molar-refractivity contribution in [2.75, 3.05) is 31.1 Å². The van der Waals surface area contributed by atoms with Crippen LogP contribution < -0.4 is 4.90 Å². The minimum atomic E-state index is -4.43. The molecule has 1 aromatic carbocycles. The molecule has 5 nitrogen and oxygen atoms in total. The van der Waals surface area contributed by atoms with E-state index >= 15 is 0 Å². The maximum atomic E-state index is 13.3. The van der Waals surface area contributed by atoms with Gasteiger partial charge in [0.2, 0.25) is 0 Å². The average molecular weight is 491 g/mol. The summed E-state index contributed by atoms with van der Waals surface area (Å²) >= 11 is 1.41. The first-order chi connectivity index (χ1) is 16.3. The molecule has 2 aromatic heterocycles. The van der Waals surface area contributed by atoms with Gasteiger partial charge in [0.15, 0.2) is 0 Å². The number of hydrogen-bond donors (Lipinski definition) is 0. The Hall–Kier alpha value is -3.14. The van der Waals surface area contributed by atoms with Crippen molar-refractivity contribution in [1.82, 2.24) is 14.9 Å². The molecule has 178 valence electrons. The highest BCUT2D eigenvalue weighted by atomic mass is 32.2. The predicted molar refractivity (Wildman–Crippen MR) is 122 cm³/mol. The molecule has 1 amide bonds. The molecule has 0 saturated carbocycles. The number of hydrogen-bond acceptors (Lipinski definition) is 5. The largest absolute Gasteiger partial charge is 0.417 e. The quantitative estimate of drug-likeness (QED) is 0.360. The molecule has 3 heterocycles. The minimum absolute atomic E-state index is 0.142. The molecule has 0 bridgehead atoms. The first-order valence-corrected chi connectivity index (χ1v) is 11.7. The molecule has 34 heavy (non-hydrogen) atoms. The maximum Gasteiger partial charge on any atom is 0.417 e. The molecule has 0 N–H and O–H groups in total. The Morgan fingerprint density at radius 2 is 1.76 bits per heavy atom. The summed E-state index contributed by atoms with van der Waals surface area (Å²) in [5.74, 6) is 0.561. The van der Waals surface area contributed by atoms with Crippen LogP contribution in [0.25, 0.3) is 0 Å². The molecule has 1 aliphatic rings. The molecule has 1 fully saturated rings. The Bertz CT molecular complexity index is 1120. The van der Waals surface area contributed by atoms with Gasteiger partial charge in [0.05, 0.1) is 11.1 Å². The average Bonchev–Trinajstić information content (AvgIpc) is 3.09. The number of alkyl halides is 3. The van der Waals surface area contributed by atoms with Crippen molar-refractivity contribution in [2.24, 2.45) is 0 Å². The molecule has 3 aromatic rings. The van der Waals surface area contributed by atoms with Crippen LogP contribution in [-0.2, 0) is 11.9 Å². The maximum absolute atomic E-state index is 13.3. The summed E-state index contributed by atoms with van der Waals surface area (Å²) in [6.07, 6.45) is -1.30. The number of carbonyl (C=O) groups excluding carboxylic acids is 1. The van der Waals surface area contributed by atoms with Gasteiger partial charge in [-0.25, -0.2) is 14.4 Å². The van der Waals surface area contributed by atoms with E-state index < -0.39 is 11.7 Å². The van der Waals surface area contributed by atoms with E-state index in [0.717, 1.165) is 17.8 Å². The van der Waals surface area contributed by atoms with Gasteiger partial charge in [-0.05, 0) is 48.4 Å². The highest BCUT2D eigenvalue weighted by molar-refractivity contribution is 7.98. The summed E-state index contributed by atoms with van der Waals surface area (Å²) in [6.45, 7) is 1.98. The number of amides is 1. The van der Waals surface area contributed by atoms with Crippen LogP contribution >= 0.6 is 11.8 Å². The van der Waals surface area contributed by atoms with Crippen LogP contribution in [0.2, 0.25) is 0 Å². The van der Waals surface area contributed by atoms with E-state index in [0.29, 0.717) is 54.8 Å². The fourth-order valence-electron chi connectivity index (χ4n) is 3.66. The van der Waals surface area contributed by atoms with Crippen LogP contribution in [0, 0.1) is 5.82 Å². The number of nitrogens with zero attached hydrogens (tertiary/aromatic N) is 4. The van der Waals surface area contributed by atoms with E-state index in [9.17, 15) is 22.4 Å². The number of anilines is 1. The summed E-state index contributed by atoms with van der Waals surface area (Å²) in [5.41, 5.74) is 0.630. The smallest absolute Gasteiger partial charge is 0.355 e. The number of aromatic nitrogens is 2. The van der Waals surface area contributed by atoms with Crippen LogP contribution in [0.4, 0.5) is 23.4 Å². The molecule has 10 heteroatoms. The zero-order valence-electron chi connectivity index (χ0n) is 18.1. The summed E-state index contributed by atoms with van der Waals surface area (Å²) in [4.78, 5) is 25.3. The van der Waals surface area contributed by atoms with Gasteiger partial charge >= 0.3 is 6.18 Å². The highest BCUT2D eigenvalue weighted by Gasteiger charge is 2.31. The van der Waals surface area contributed by atoms with Crippen LogP contribution in [0.15, 0.2) is 66.0 Å². The number of carbonyl (C=O) groups is 1. The first-order valence-electron chi connectivity index (χ1n) is 10.7. The predicted octanol–water partition coefficient (Wildman–Crippen LogP) is 5.28. The second-order valence-corrected chi connectivity index (χ2v) is 8.77. The van der Waals surface area contributed by atoms with Crippen molar-refractivity contribution in [1.29, 1.82) is 0 Å². The molecule has 1 aliphatic heterocycles. The highest BCUT2D eigenvalue weighted by Crippen LogP contribution is 2.30. The van der Waals surface area contributed by atoms with E-state index in [2.05, 4.69) is 9.97 Å². The standard InChI is InChI=1S/C24H22F4N4OS/c25-19-7-4-17(5-8-19)16-34-22-20(3-1-10-29-22)23(33)32-12-2-11-31(13-14-32)21-9-6-18(15-30-21)24(26,27)28/h1,3-10,15H,2,11-14,16H2. The molecule has 0 unspecified atom stereocenters. The van der Waals surface area contributed by atoms with E-state index in [1.165, 1.54) is 30.0 Å². The lowest BCUT2D eigenvalue weighted by atomic mass is 10.2. The number of halogens is 4. The van der Waals surface area contributed by atoms with Gasteiger partial charge in [-0.15, -0.1) is 11.8 Å². The van der Waals surface area contributed by atoms with Gasteiger partial charge in [0, 0.05) is 44.3 Å². The monoisotopic (exact) mass is 490 g/mol. The van der Waals surface area contributed by atoms with E-state index in [4.69, 9.17) is 0 Å². The lowest BCUT2D eigenvalue weighted by Gasteiger charge is -2.23. The second kappa shape index (κ2) is 10.4. The third-order valence-corrected chi connectivity index (χ3v) is 6.55. The van der Waals surface area contributed by atoms with Gasteiger partial charge in [-0.2, -0.15) is 13.2 Å². The number of thioether (sulfide) groups is 1. The molecule has 0 spiro atoms. The molecular weight excluding hydrogens is 468 g/mol. The summed E-state index contributed by atoms with van der Waals surface area (Å²) in [5, 5.41) is 0.599. The van der Waals surface area contributed by atoms with Crippen molar-refractivity contribution >= 4 is 23.5 Å². The first kappa shape index (κ1) is 24.0. The van der Waals surface area contributed by atoms with Gasteiger partial charge in [0.25, 0.3) is 5.91 Å².